The maximum Gasteiger partial charge on any atom is 0.188 e. The van der Waals surface area contributed by atoms with Crippen LogP contribution in [0.4, 0.5) is 0 Å². The SMILES string of the molecule is CC(O)CCN(C)Cc1nnn(C)n1. The Balaban J connectivity index is 2.30. The second kappa shape index (κ2) is 5.02. The molecule has 0 amide bonds. The molecule has 6 nitrogen and oxygen atoms in total. The van der Waals surface area contributed by atoms with E-state index in [1.807, 2.05) is 7.05 Å². The van der Waals surface area contributed by atoms with Crippen LogP contribution in [0.25, 0.3) is 0 Å². The summed E-state index contributed by atoms with van der Waals surface area (Å²) in [5.74, 6) is 0.709. The lowest BCUT2D eigenvalue weighted by Crippen LogP contribution is -2.22. The molecule has 0 bridgehead atoms. The summed E-state index contributed by atoms with van der Waals surface area (Å²) in [6.45, 7) is 3.28. The molecule has 0 spiro atoms. The topological polar surface area (TPSA) is 67.1 Å². The van der Waals surface area contributed by atoms with Crippen molar-refractivity contribution in [3.05, 3.63) is 5.82 Å². The highest BCUT2D eigenvalue weighted by Crippen LogP contribution is 1.97. The van der Waals surface area contributed by atoms with E-state index in [4.69, 9.17) is 5.11 Å². The number of tetrazole rings is 1. The van der Waals surface area contributed by atoms with E-state index >= 15 is 0 Å². The van der Waals surface area contributed by atoms with E-state index in [1.54, 1.807) is 14.0 Å². The minimum atomic E-state index is -0.257. The fourth-order valence-electron chi connectivity index (χ4n) is 1.11. The van der Waals surface area contributed by atoms with Crippen molar-refractivity contribution in [1.82, 2.24) is 25.1 Å². The summed E-state index contributed by atoms with van der Waals surface area (Å²) < 4.78 is 0. The van der Waals surface area contributed by atoms with Crippen molar-refractivity contribution < 1.29 is 5.11 Å². The van der Waals surface area contributed by atoms with E-state index in [1.165, 1.54) is 4.80 Å². The van der Waals surface area contributed by atoms with Crippen LogP contribution < -0.4 is 0 Å². The smallest absolute Gasteiger partial charge is 0.188 e. The number of hydrogen-bond donors (Lipinski definition) is 1. The summed E-state index contributed by atoms with van der Waals surface area (Å²) in [7, 11) is 3.71. The van der Waals surface area contributed by atoms with Gasteiger partial charge in [-0.1, -0.05) is 0 Å². The lowest BCUT2D eigenvalue weighted by molar-refractivity contribution is 0.162. The summed E-state index contributed by atoms with van der Waals surface area (Å²) in [6.07, 6.45) is 0.504. The van der Waals surface area contributed by atoms with Crippen molar-refractivity contribution in [2.45, 2.75) is 26.0 Å². The first-order valence-corrected chi connectivity index (χ1v) is 4.67. The molecule has 0 saturated carbocycles. The molecule has 1 heterocycles. The van der Waals surface area contributed by atoms with E-state index < -0.39 is 0 Å². The average Bonchev–Trinajstić information content (AvgIpc) is 2.48. The van der Waals surface area contributed by atoms with Gasteiger partial charge >= 0.3 is 0 Å². The Morgan fingerprint density at radius 3 is 2.79 bits per heavy atom. The van der Waals surface area contributed by atoms with Crippen molar-refractivity contribution in [2.75, 3.05) is 13.6 Å². The van der Waals surface area contributed by atoms with Gasteiger partial charge in [0.05, 0.1) is 19.7 Å². The Labute approximate surface area is 83.5 Å². The number of aliphatic hydroxyl groups is 1. The van der Waals surface area contributed by atoms with Gasteiger partial charge in [0, 0.05) is 6.54 Å². The summed E-state index contributed by atoms with van der Waals surface area (Å²) >= 11 is 0. The Bertz CT molecular complexity index is 272. The molecule has 0 aliphatic heterocycles. The molecule has 1 aromatic heterocycles. The van der Waals surface area contributed by atoms with Crippen molar-refractivity contribution in [1.29, 1.82) is 0 Å². The minimum Gasteiger partial charge on any atom is -0.393 e. The zero-order chi connectivity index (χ0) is 10.6. The molecule has 1 aromatic rings. The minimum absolute atomic E-state index is 0.257. The van der Waals surface area contributed by atoms with Gasteiger partial charge in [0.25, 0.3) is 0 Å². The fraction of sp³-hybridized carbons (Fsp3) is 0.875. The van der Waals surface area contributed by atoms with Crippen LogP contribution in [0.5, 0.6) is 0 Å². The summed E-state index contributed by atoms with van der Waals surface area (Å²) in [4.78, 5) is 3.50. The van der Waals surface area contributed by atoms with Crippen LogP contribution in [0.15, 0.2) is 0 Å². The van der Waals surface area contributed by atoms with Crippen molar-refractivity contribution in [3.63, 3.8) is 0 Å². The number of aliphatic hydroxyl groups excluding tert-OH is 1. The van der Waals surface area contributed by atoms with Crippen LogP contribution in [0.2, 0.25) is 0 Å². The highest BCUT2D eigenvalue weighted by molar-refractivity contribution is 4.75. The zero-order valence-electron chi connectivity index (χ0n) is 8.88. The number of aromatic nitrogens is 4. The Kier molecular flexibility index (Phi) is 3.97. The highest BCUT2D eigenvalue weighted by atomic mass is 16.3. The highest BCUT2D eigenvalue weighted by Gasteiger charge is 2.06. The van der Waals surface area contributed by atoms with Crippen LogP contribution in [-0.2, 0) is 13.6 Å². The zero-order valence-corrected chi connectivity index (χ0v) is 8.88. The van der Waals surface area contributed by atoms with Gasteiger partial charge in [-0.25, -0.2) is 0 Å². The molecule has 0 radical (unpaired) electrons. The predicted molar refractivity (Wildman–Crippen MR) is 51.4 cm³/mol. The van der Waals surface area contributed by atoms with Crippen molar-refractivity contribution >= 4 is 0 Å². The molecular weight excluding hydrogens is 182 g/mol. The van der Waals surface area contributed by atoms with Crippen LogP contribution in [0.1, 0.15) is 19.2 Å². The monoisotopic (exact) mass is 199 g/mol. The van der Waals surface area contributed by atoms with Gasteiger partial charge in [-0.05, 0) is 25.6 Å². The van der Waals surface area contributed by atoms with E-state index in [0.29, 0.717) is 12.4 Å². The quantitative estimate of drug-likeness (QED) is 0.686. The summed E-state index contributed by atoms with van der Waals surface area (Å²) in [5.41, 5.74) is 0. The number of nitrogens with zero attached hydrogens (tertiary/aromatic N) is 5. The molecule has 0 aliphatic carbocycles. The fourth-order valence-corrected chi connectivity index (χ4v) is 1.11. The van der Waals surface area contributed by atoms with Gasteiger partial charge < -0.3 is 5.11 Å². The molecule has 6 heteroatoms. The second-order valence-corrected chi connectivity index (χ2v) is 3.57. The molecule has 1 unspecified atom stereocenters. The first-order valence-electron chi connectivity index (χ1n) is 4.67. The maximum absolute atomic E-state index is 9.10. The molecule has 1 atom stereocenters. The van der Waals surface area contributed by atoms with Gasteiger partial charge in [-0.3, -0.25) is 4.90 Å². The first-order chi connectivity index (χ1) is 6.58. The Morgan fingerprint density at radius 2 is 2.29 bits per heavy atom. The molecule has 0 saturated heterocycles. The third-order valence-corrected chi connectivity index (χ3v) is 1.89. The largest absolute Gasteiger partial charge is 0.393 e. The number of rotatable bonds is 5. The molecular formula is C8H17N5O. The third-order valence-electron chi connectivity index (χ3n) is 1.89. The van der Waals surface area contributed by atoms with Crippen LogP contribution in [0.3, 0.4) is 0 Å². The molecule has 1 rings (SSSR count). The molecule has 80 valence electrons. The predicted octanol–water partition coefficient (Wildman–Crippen LogP) is -0.587. The lowest BCUT2D eigenvalue weighted by Gasteiger charge is -2.14. The van der Waals surface area contributed by atoms with Crippen LogP contribution >= 0.6 is 0 Å². The molecule has 0 aliphatic rings. The van der Waals surface area contributed by atoms with E-state index in [2.05, 4.69) is 20.3 Å². The normalized spacial score (nSPS) is 13.5. The van der Waals surface area contributed by atoms with Gasteiger partial charge in [-0.2, -0.15) is 4.80 Å². The van der Waals surface area contributed by atoms with Crippen LogP contribution in [-0.4, -0.2) is 49.9 Å². The second-order valence-electron chi connectivity index (χ2n) is 3.57. The Morgan fingerprint density at radius 1 is 1.57 bits per heavy atom. The third kappa shape index (κ3) is 3.80. The number of hydrogen-bond acceptors (Lipinski definition) is 5. The summed E-state index contributed by atoms with van der Waals surface area (Å²) in [5, 5.41) is 20.8. The van der Waals surface area contributed by atoms with Crippen LogP contribution in [0, 0.1) is 0 Å². The van der Waals surface area contributed by atoms with E-state index in [0.717, 1.165) is 13.0 Å². The van der Waals surface area contributed by atoms with Crippen molar-refractivity contribution in [2.24, 2.45) is 7.05 Å². The maximum atomic E-state index is 9.10. The molecule has 14 heavy (non-hydrogen) atoms. The standard InChI is InChI=1S/C8H17N5O/c1-7(14)4-5-12(2)6-8-9-11-13(3)10-8/h7,14H,4-6H2,1-3H3. The van der Waals surface area contributed by atoms with Crippen molar-refractivity contribution in [3.8, 4) is 0 Å². The molecule has 0 aromatic carbocycles. The van der Waals surface area contributed by atoms with E-state index in [-0.39, 0.29) is 6.10 Å². The molecule has 1 N–H and O–H groups in total. The molecule has 0 fully saturated rings. The Hall–Kier alpha value is -1.01. The lowest BCUT2D eigenvalue weighted by atomic mass is 10.3. The van der Waals surface area contributed by atoms with E-state index in [9.17, 15) is 0 Å². The number of aryl methyl sites for hydroxylation is 1. The van der Waals surface area contributed by atoms with Gasteiger partial charge in [-0.15, -0.1) is 10.2 Å². The van der Waals surface area contributed by atoms with Gasteiger partial charge in [0.1, 0.15) is 0 Å². The summed E-state index contributed by atoms with van der Waals surface area (Å²) in [6, 6.07) is 0. The van der Waals surface area contributed by atoms with Gasteiger partial charge in [0.2, 0.25) is 0 Å². The van der Waals surface area contributed by atoms with Gasteiger partial charge in [0.15, 0.2) is 5.82 Å². The average molecular weight is 199 g/mol. The first kappa shape index (κ1) is 11.1.